The Hall–Kier alpha value is -2.41. The first kappa shape index (κ1) is 18.9. The molecule has 2 saturated heterocycles. The van der Waals surface area contributed by atoms with Crippen molar-refractivity contribution in [1.29, 1.82) is 0 Å². The molecule has 2 fully saturated rings. The number of halogens is 1. The average molecular weight is 386 g/mol. The number of hydrogen-bond donors (Lipinski definition) is 1. The van der Waals surface area contributed by atoms with Gasteiger partial charge in [0.25, 0.3) is 5.91 Å². The van der Waals surface area contributed by atoms with Gasteiger partial charge in [0, 0.05) is 31.9 Å². The van der Waals surface area contributed by atoms with Crippen molar-refractivity contribution in [3.63, 3.8) is 0 Å². The van der Waals surface area contributed by atoms with Crippen molar-refractivity contribution in [2.75, 3.05) is 37.6 Å². The number of hydrogen-bond acceptors (Lipinski definition) is 3. The van der Waals surface area contributed by atoms with Gasteiger partial charge in [-0.15, -0.1) is 0 Å². The van der Waals surface area contributed by atoms with E-state index in [4.69, 9.17) is 0 Å². The zero-order valence-electron chi connectivity index (χ0n) is 16.3. The second kappa shape index (κ2) is 7.91. The van der Waals surface area contributed by atoms with E-state index in [2.05, 4.69) is 10.2 Å². The number of carbonyl (C=O) groups excluding carboxylic acids is 2. The molecule has 28 heavy (non-hydrogen) atoms. The van der Waals surface area contributed by atoms with Gasteiger partial charge >= 0.3 is 0 Å². The van der Waals surface area contributed by atoms with Crippen LogP contribution in [0, 0.1) is 5.82 Å². The maximum absolute atomic E-state index is 13.9. The summed E-state index contributed by atoms with van der Waals surface area (Å²) in [4.78, 5) is 29.5. The third kappa shape index (κ3) is 3.51. The van der Waals surface area contributed by atoms with Crippen LogP contribution in [0.25, 0.3) is 10.9 Å². The summed E-state index contributed by atoms with van der Waals surface area (Å²) in [6.07, 6.45) is 4.62. The molecule has 1 aromatic heterocycles. The second-order valence-corrected chi connectivity index (χ2v) is 7.72. The number of nitrogens with one attached hydrogen (secondary N) is 1. The smallest absolute Gasteiger partial charge is 0.270 e. The highest BCUT2D eigenvalue weighted by Gasteiger charge is 2.31. The number of amides is 2. The van der Waals surface area contributed by atoms with Gasteiger partial charge in [0.1, 0.15) is 11.5 Å². The number of aryl methyl sites for hydroxylation is 1. The van der Waals surface area contributed by atoms with Gasteiger partial charge in [-0.1, -0.05) is 0 Å². The summed E-state index contributed by atoms with van der Waals surface area (Å²) in [5.74, 6) is -0.598. The molecule has 0 aliphatic carbocycles. The summed E-state index contributed by atoms with van der Waals surface area (Å²) in [5.41, 5.74) is 1.71. The highest BCUT2D eigenvalue weighted by molar-refractivity contribution is 6.14. The maximum atomic E-state index is 13.9. The molecule has 150 valence electrons. The van der Waals surface area contributed by atoms with Crippen LogP contribution in [0.5, 0.6) is 0 Å². The lowest BCUT2D eigenvalue weighted by molar-refractivity contribution is -0.117. The first-order valence-corrected chi connectivity index (χ1v) is 10.1. The Morgan fingerprint density at radius 1 is 1.18 bits per heavy atom. The fourth-order valence-corrected chi connectivity index (χ4v) is 4.41. The van der Waals surface area contributed by atoms with Crippen molar-refractivity contribution in [2.24, 2.45) is 7.05 Å². The number of carbonyl (C=O) groups is 2. The molecule has 0 unspecified atom stereocenters. The number of aromatic nitrogens is 1. The zero-order valence-corrected chi connectivity index (χ0v) is 16.3. The van der Waals surface area contributed by atoms with Crippen molar-refractivity contribution in [2.45, 2.75) is 32.1 Å². The average Bonchev–Trinajstić information content (AvgIpc) is 3.39. The molecule has 2 aliphatic rings. The lowest BCUT2D eigenvalue weighted by Crippen LogP contribution is -2.32. The van der Waals surface area contributed by atoms with Crippen molar-refractivity contribution in [3.05, 3.63) is 29.7 Å². The fourth-order valence-electron chi connectivity index (χ4n) is 4.41. The van der Waals surface area contributed by atoms with Crippen molar-refractivity contribution in [3.8, 4) is 0 Å². The van der Waals surface area contributed by atoms with E-state index >= 15 is 0 Å². The van der Waals surface area contributed by atoms with Crippen LogP contribution in [0.2, 0.25) is 0 Å². The van der Waals surface area contributed by atoms with E-state index in [1.165, 1.54) is 25.0 Å². The number of fused-ring (bicyclic) bond motifs is 1. The minimum Gasteiger partial charge on any atom is -0.351 e. The molecule has 0 bridgehead atoms. The molecule has 4 rings (SSSR count). The Bertz CT molecular complexity index is 901. The largest absolute Gasteiger partial charge is 0.351 e. The minimum absolute atomic E-state index is 0.0140. The molecule has 1 aromatic carbocycles. The van der Waals surface area contributed by atoms with Gasteiger partial charge in [-0.3, -0.25) is 9.59 Å². The van der Waals surface area contributed by atoms with Crippen LogP contribution in [-0.2, 0) is 11.8 Å². The van der Waals surface area contributed by atoms with E-state index in [0.29, 0.717) is 36.3 Å². The Balaban J connectivity index is 1.58. The molecule has 0 radical (unpaired) electrons. The summed E-state index contributed by atoms with van der Waals surface area (Å²) >= 11 is 0. The third-order valence-electron chi connectivity index (χ3n) is 5.83. The molecule has 2 aliphatic heterocycles. The van der Waals surface area contributed by atoms with Crippen LogP contribution in [0.1, 0.15) is 42.6 Å². The van der Waals surface area contributed by atoms with Crippen LogP contribution >= 0.6 is 0 Å². The van der Waals surface area contributed by atoms with E-state index in [9.17, 15) is 14.0 Å². The number of benzene rings is 1. The Labute approximate surface area is 164 Å². The summed E-state index contributed by atoms with van der Waals surface area (Å²) in [6.45, 7) is 4.41. The van der Waals surface area contributed by atoms with E-state index < -0.39 is 0 Å². The predicted molar refractivity (Wildman–Crippen MR) is 107 cm³/mol. The van der Waals surface area contributed by atoms with Gasteiger partial charge in [-0.2, -0.15) is 0 Å². The van der Waals surface area contributed by atoms with E-state index in [1.807, 2.05) is 0 Å². The number of anilines is 1. The molecule has 1 N–H and O–H groups in total. The summed E-state index contributed by atoms with van der Waals surface area (Å²) in [7, 11) is 1.80. The molecular formula is C21H27FN4O2. The van der Waals surface area contributed by atoms with Crippen LogP contribution < -0.4 is 10.2 Å². The highest BCUT2D eigenvalue weighted by Crippen LogP contribution is 2.36. The summed E-state index contributed by atoms with van der Waals surface area (Å²) < 4.78 is 15.7. The van der Waals surface area contributed by atoms with Gasteiger partial charge in [0.05, 0.1) is 11.2 Å². The Morgan fingerprint density at radius 3 is 2.68 bits per heavy atom. The van der Waals surface area contributed by atoms with Crippen LogP contribution in [0.3, 0.4) is 0 Å². The third-order valence-corrected chi connectivity index (χ3v) is 5.83. The van der Waals surface area contributed by atoms with Crippen LogP contribution in [0.15, 0.2) is 18.2 Å². The van der Waals surface area contributed by atoms with Gasteiger partial charge in [-0.05, 0) is 63.5 Å². The van der Waals surface area contributed by atoms with Gasteiger partial charge < -0.3 is 19.7 Å². The van der Waals surface area contributed by atoms with Crippen molar-refractivity contribution >= 4 is 28.4 Å². The topological polar surface area (TPSA) is 57.6 Å². The van der Waals surface area contributed by atoms with E-state index in [0.717, 1.165) is 38.0 Å². The molecule has 6 nitrogen and oxygen atoms in total. The van der Waals surface area contributed by atoms with Crippen molar-refractivity contribution in [1.82, 2.24) is 14.8 Å². The SMILES string of the molecule is Cn1c(C(=O)NCCCN2CCCC2)c(N2CCCC2=O)c2cc(F)ccc21. The molecule has 0 saturated carbocycles. The van der Waals surface area contributed by atoms with Gasteiger partial charge in [0.15, 0.2) is 0 Å². The molecule has 2 aromatic rings. The quantitative estimate of drug-likeness (QED) is 0.777. The number of nitrogens with zero attached hydrogens (tertiary/aromatic N) is 3. The van der Waals surface area contributed by atoms with Crippen LogP contribution in [-0.4, -0.2) is 54.0 Å². The Morgan fingerprint density at radius 2 is 1.96 bits per heavy atom. The fraction of sp³-hybridized carbons (Fsp3) is 0.524. The molecule has 0 spiro atoms. The first-order valence-electron chi connectivity index (χ1n) is 10.1. The number of rotatable bonds is 6. The molecule has 7 heteroatoms. The highest BCUT2D eigenvalue weighted by atomic mass is 19.1. The molecule has 2 amide bonds. The summed E-state index contributed by atoms with van der Waals surface area (Å²) in [5, 5.41) is 3.61. The standard InChI is InChI=1S/C21H27FN4O2/c1-24-17-8-7-15(22)14-16(17)19(26-13-4-6-18(26)27)20(24)21(28)23-9-5-12-25-10-2-3-11-25/h7-8,14H,2-6,9-13H2,1H3,(H,23,28). The first-order chi connectivity index (χ1) is 13.6. The summed E-state index contributed by atoms with van der Waals surface area (Å²) in [6, 6.07) is 4.47. The molecule has 3 heterocycles. The van der Waals surface area contributed by atoms with Crippen molar-refractivity contribution < 1.29 is 14.0 Å². The molecule has 0 atom stereocenters. The lowest BCUT2D eigenvalue weighted by Gasteiger charge is -2.18. The lowest BCUT2D eigenvalue weighted by atomic mass is 10.2. The zero-order chi connectivity index (χ0) is 19.7. The van der Waals surface area contributed by atoms with E-state index in [1.54, 1.807) is 22.6 Å². The molecular weight excluding hydrogens is 359 g/mol. The Kier molecular flexibility index (Phi) is 5.35. The maximum Gasteiger partial charge on any atom is 0.270 e. The van der Waals surface area contributed by atoms with E-state index in [-0.39, 0.29) is 17.6 Å². The minimum atomic E-state index is -0.372. The van der Waals surface area contributed by atoms with Crippen LogP contribution in [0.4, 0.5) is 10.1 Å². The number of likely N-dealkylation sites (tertiary alicyclic amines) is 1. The van der Waals surface area contributed by atoms with Gasteiger partial charge in [0.2, 0.25) is 5.91 Å². The predicted octanol–water partition coefficient (Wildman–Crippen LogP) is 2.66. The van der Waals surface area contributed by atoms with Gasteiger partial charge in [-0.25, -0.2) is 4.39 Å². The normalized spacial score (nSPS) is 17.8. The monoisotopic (exact) mass is 386 g/mol. The second-order valence-electron chi connectivity index (χ2n) is 7.72.